The highest BCUT2D eigenvalue weighted by atomic mass is 32.1. The molecule has 1 aromatic carbocycles. The summed E-state index contributed by atoms with van der Waals surface area (Å²) in [5.74, 6) is 0.0659. The fraction of sp³-hybridized carbons (Fsp3) is 0.389. The van der Waals surface area contributed by atoms with Crippen LogP contribution in [-0.4, -0.2) is 48.6 Å². The zero-order valence-corrected chi connectivity index (χ0v) is 14.2. The lowest BCUT2D eigenvalue weighted by atomic mass is 10.2. The molecule has 0 N–H and O–H groups in total. The van der Waals surface area contributed by atoms with Gasteiger partial charge in [-0.3, -0.25) is 9.69 Å². The van der Waals surface area contributed by atoms with Crippen molar-refractivity contribution in [1.82, 2.24) is 9.80 Å². The Morgan fingerprint density at radius 2 is 2.13 bits per heavy atom. The molecule has 1 aromatic heterocycles. The molecule has 1 aliphatic rings. The third kappa shape index (κ3) is 4.41. The number of likely N-dealkylation sites (N-methyl/N-ethyl adjacent to an activating group) is 1. The van der Waals surface area contributed by atoms with Gasteiger partial charge in [-0.25, -0.2) is 0 Å². The second-order valence-corrected chi connectivity index (χ2v) is 6.89. The zero-order valence-electron chi connectivity index (χ0n) is 13.4. The summed E-state index contributed by atoms with van der Waals surface area (Å²) in [6.45, 7) is 3.64. The van der Waals surface area contributed by atoms with Crippen molar-refractivity contribution in [3.63, 3.8) is 0 Å². The molecule has 1 aliphatic heterocycles. The summed E-state index contributed by atoms with van der Waals surface area (Å²) < 4.78 is 5.72. The van der Waals surface area contributed by atoms with Gasteiger partial charge in [0, 0.05) is 31.6 Å². The normalized spacial score (nSPS) is 18.7. The van der Waals surface area contributed by atoms with E-state index in [0.717, 1.165) is 13.1 Å². The topological polar surface area (TPSA) is 32.8 Å². The number of nitrogens with zero attached hydrogens (tertiary/aromatic N) is 2. The molecular weight excluding hydrogens is 308 g/mol. The van der Waals surface area contributed by atoms with Crippen molar-refractivity contribution in [2.24, 2.45) is 0 Å². The van der Waals surface area contributed by atoms with Crippen LogP contribution in [0, 0.1) is 0 Å². The Balaban J connectivity index is 1.56. The molecule has 0 unspecified atom stereocenters. The van der Waals surface area contributed by atoms with Gasteiger partial charge < -0.3 is 9.64 Å². The summed E-state index contributed by atoms with van der Waals surface area (Å²) >= 11 is 1.67. The lowest BCUT2D eigenvalue weighted by Gasteiger charge is -2.34. The standard InChI is InChI=1S/C18H22N2O2S/c1-19(13-16-8-5-11-23-16)18(21)17-14-20(9-10-22-17)12-15-6-3-2-4-7-15/h2-8,11,17H,9-10,12-14H2,1H3/t17-/m1/s1. The molecule has 0 saturated carbocycles. The summed E-state index contributed by atoms with van der Waals surface area (Å²) in [5.41, 5.74) is 1.27. The van der Waals surface area contributed by atoms with Crippen molar-refractivity contribution in [2.75, 3.05) is 26.7 Å². The van der Waals surface area contributed by atoms with Crippen LogP contribution in [0.4, 0.5) is 0 Å². The minimum atomic E-state index is -0.363. The molecule has 0 radical (unpaired) electrons. The predicted molar refractivity (Wildman–Crippen MR) is 92.3 cm³/mol. The van der Waals surface area contributed by atoms with Crippen LogP contribution in [-0.2, 0) is 22.6 Å². The third-order valence-electron chi connectivity index (χ3n) is 4.02. The van der Waals surface area contributed by atoms with Gasteiger partial charge in [0.05, 0.1) is 13.2 Å². The largest absolute Gasteiger partial charge is 0.366 e. The van der Waals surface area contributed by atoms with Crippen molar-refractivity contribution in [1.29, 1.82) is 0 Å². The second-order valence-electron chi connectivity index (χ2n) is 5.85. The number of carbonyl (C=O) groups is 1. The third-order valence-corrected chi connectivity index (χ3v) is 4.89. The highest BCUT2D eigenvalue weighted by molar-refractivity contribution is 7.09. The molecule has 2 aromatic rings. The Labute approximate surface area is 141 Å². The van der Waals surface area contributed by atoms with Crippen molar-refractivity contribution in [3.05, 3.63) is 58.3 Å². The number of benzene rings is 1. The van der Waals surface area contributed by atoms with Crippen LogP contribution in [0.15, 0.2) is 47.8 Å². The summed E-state index contributed by atoms with van der Waals surface area (Å²) in [6, 6.07) is 14.4. The molecule has 0 aliphatic carbocycles. The van der Waals surface area contributed by atoms with Gasteiger partial charge in [0.1, 0.15) is 6.10 Å². The summed E-state index contributed by atoms with van der Waals surface area (Å²) in [7, 11) is 1.85. The molecule has 5 heteroatoms. The first-order chi connectivity index (χ1) is 11.2. The van der Waals surface area contributed by atoms with Crippen molar-refractivity contribution < 1.29 is 9.53 Å². The van der Waals surface area contributed by atoms with E-state index in [4.69, 9.17) is 4.74 Å². The lowest BCUT2D eigenvalue weighted by Crippen LogP contribution is -2.49. The first-order valence-electron chi connectivity index (χ1n) is 7.87. The van der Waals surface area contributed by atoms with E-state index in [2.05, 4.69) is 23.1 Å². The first kappa shape index (κ1) is 16.2. The molecule has 4 nitrogen and oxygen atoms in total. The Morgan fingerprint density at radius 3 is 2.87 bits per heavy atom. The van der Waals surface area contributed by atoms with Gasteiger partial charge in [-0.1, -0.05) is 36.4 Å². The van der Waals surface area contributed by atoms with E-state index >= 15 is 0 Å². The smallest absolute Gasteiger partial charge is 0.253 e. The molecule has 2 heterocycles. The Bertz CT molecular complexity index is 615. The van der Waals surface area contributed by atoms with Crippen LogP contribution in [0.25, 0.3) is 0 Å². The van der Waals surface area contributed by atoms with Crippen LogP contribution in [0.5, 0.6) is 0 Å². The van der Waals surface area contributed by atoms with Crippen LogP contribution in [0.1, 0.15) is 10.4 Å². The second kappa shape index (κ2) is 7.73. The van der Waals surface area contributed by atoms with E-state index in [-0.39, 0.29) is 12.0 Å². The van der Waals surface area contributed by atoms with E-state index in [0.29, 0.717) is 19.7 Å². The average Bonchev–Trinajstić information content (AvgIpc) is 3.08. The van der Waals surface area contributed by atoms with Crippen LogP contribution in [0.2, 0.25) is 0 Å². The highest BCUT2D eigenvalue weighted by Gasteiger charge is 2.29. The van der Waals surface area contributed by atoms with E-state index in [1.807, 2.05) is 36.7 Å². The molecule has 3 rings (SSSR count). The van der Waals surface area contributed by atoms with E-state index in [1.165, 1.54) is 10.4 Å². The van der Waals surface area contributed by atoms with Gasteiger partial charge >= 0.3 is 0 Å². The quantitative estimate of drug-likeness (QED) is 0.845. The van der Waals surface area contributed by atoms with Gasteiger partial charge in [-0.2, -0.15) is 0 Å². The Hall–Kier alpha value is -1.69. The molecule has 1 amide bonds. The molecular formula is C18H22N2O2S. The minimum absolute atomic E-state index is 0.0659. The lowest BCUT2D eigenvalue weighted by molar-refractivity contribution is -0.148. The minimum Gasteiger partial charge on any atom is -0.366 e. The maximum absolute atomic E-state index is 12.6. The monoisotopic (exact) mass is 330 g/mol. The van der Waals surface area contributed by atoms with Crippen molar-refractivity contribution in [3.8, 4) is 0 Å². The van der Waals surface area contributed by atoms with Gasteiger partial charge in [0.15, 0.2) is 0 Å². The summed E-state index contributed by atoms with van der Waals surface area (Å²) in [5, 5.41) is 2.03. The van der Waals surface area contributed by atoms with Crippen LogP contribution in [0.3, 0.4) is 0 Å². The fourth-order valence-electron chi connectivity index (χ4n) is 2.80. The first-order valence-corrected chi connectivity index (χ1v) is 8.75. The molecule has 122 valence electrons. The number of hydrogen-bond acceptors (Lipinski definition) is 4. The van der Waals surface area contributed by atoms with Crippen LogP contribution < -0.4 is 0 Å². The van der Waals surface area contributed by atoms with Gasteiger partial charge in [-0.05, 0) is 17.0 Å². The molecule has 0 bridgehead atoms. The molecule has 1 fully saturated rings. The van der Waals surface area contributed by atoms with Crippen molar-refractivity contribution >= 4 is 17.2 Å². The maximum Gasteiger partial charge on any atom is 0.253 e. The van der Waals surface area contributed by atoms with Crippen molar-refractivity contribution in [2.45, 2.75) is 19.2 Å². The number of amides is 1. The number of morpholine rings is 1. The maximum atomic E-state index is 12.6. The van der Waals surface area contributed by atoms with E-state index in [1.54, 1.807) is 16.2 Å². The Morgan fingerprint density at radius 1 is 1.30 bits per heavy atom. The number of ether oxygens (including phenoxy) is 1. The fourth-order valence-corrected chi connectivity index (χ4v) is 3.55. The average molecular weight is 330 g/mol. The predicted octanol–water partition coefficient (Wildman–Crippen LogP) is 2.61. The molecule has 23 heavy (non-hydrogen) atoms. The molecule has 1 atom stereocenters. The summed E-state index contributed by atoms with van der Waals surface area (Å²) in [4.78, 5) is 17.9. The van der Waals surface area contributed by atoms with Gasteiger partial charge in [0.2, 0.25) is 0 Å². The van der Waals surface area contributed by atoms with E-state index < -0.39 is 0 Å². The molecule has 0 spiro atoms. The highest BCUT2D eigenvalue weighted by Crippen LogP contribution is 2.15. The van der Waals surface area contributed by atoms with E-state index in [9.17, 15) is 4.79 Å². The van der Waals surface area contributed by atoms with Gasteiger partial charge in [0.25, 0.3) is 5.91 Å². The SMILES string of the molecule is CN(Cc1cccs1)C(=O)[C@H]1CN(Cc2ccccc2)CCO1. The van der Waals surface area contributed by atoms with Gasteiger partial charge in [-0.15, -0.1) is 11.3 Å². The Kier molecular flexibility index (Phi) is 5.43. The zero-order chi connectivity index (χ0) is 16.1. The van der Waals surface area contributed by atoms with Crippen LogP contribution >= 0.6 is 11.3 Å². The number of rotatable bonds is 5. The number of thiophene rings is 1. The number of carbonyl (C=O) groups excluding carboxylic acids is 1. The summed E-state index contributed by atoms with van der Waals surface area (Å²) in [6.07, 6.45) is -0.363. The number of hydrogen-bond donors (Lipinski definition) is 0. The molecule has 1 saturated heterocycles.